The molecule has 2 rings (SSSR count). The van der Waals surface area contributed by atoms with Crippen molar-refractivity contribution in [2.45, 2.75) is 25.8 Å². The van der Waals surface area contributed by atoms with E-state index in [1.165, 1.54) is 6.07 Å². The molecule has 1 fully saturated rings. The number of hydrogen-bond acceptors (Lipinski definition) is 2. The molecule has 0 unspecified atom stereocenters. The van der Waals surface area contributed by atoms with E-state index in [1.807, 2.05) is 13.0 Å². The zero-order chi connectivity index (χ0) is 10.7. The summed E-state index contributed by atoms with van der Waals surface area (Å²) in [4.78, 5) is 0. The minimum Gasteiger partial charge on any atom is -0.380 e. The number of hydrogen-bond donors (Lipinski definition) is 2. The molecule has 0 aromatic heterocycles. The molecule has 0 aliphatic carbocycles. The van der Waals surface area contributed by atoms with Crippen molar-refractivity contribution >= 4 is 5.69 Å². The Morgan fingerprint density at radius 1 is 1.33 bits per heavy atom. The van der Waals surface area contributed by atoms with Crippen molar-refractivity contribution in [1.29, 1.82) is 0 Å². The largest absolute Gasteiger partial charge is 0.380 e. The second-order valence-electron chi connectivity index (χ2n) is 4.15. The van der Waals surface area contributed by atoms with E-state index in [9.17, 15) is 4.39 Å². The third-order valence-corrected chi connectivity index (χ3v) is 2.82. The number of benzene rings is 1. The van der Waals surface area contributed by atoms with Crippen LogP contribution in [0.5, 0.6) is 0 Å². The first-order valence-corrected chi connectivity index (χ1v) is 5.49. The summed E-state index contributed by atoms with van der Waals surface area (Å²) < 4.78 is 13.4. The minimum atomic E-state index is -0.154. The molecule has 82 valence electrons. The molecule has 0 spiro atoms. The Morgan fingerprint density at radius 3 is 2.80 bits per heavy atom. The molecule has 0 bridgehead atoms. The van der Waals surface area contributed by atoms with Gasteiger partial charge in [-0.1, -0.05) is 6.07 Å². The lowest BCUT2D eigenvalue weighted by atomic mass is 10.1. The standard InChI is InChI=1S/C12H17FN2/c1-9-2-3-11(13)12(8-9)15-10-4-6-14-7-5-10/h2-3,8,10,14-15H,4-7H2,1H3. The molecule has 1 aromatic rings. The average molecular weight is 208 g/mol. The van der Waals surface area contributed by atoms with Gasteiger partial charge in [0.2, 0.25) is 0 Å². The smallest absolute Gasteiger partial charge is 0.146 e. The average Bonchev–Trinajstić information content (AvgIpc) is 2.25. The molecule has 3 heteroatoms. The van der Waals surface area contributed by atoms with Crippen LogP contribution in [0.2, 0.25) is 0 Å². The predicted octanol–water partition coefficient (Wildman–Crippen LogP) is 2.30. The predicted molar refractivity (Wildman–Crippen MR) is 60.7 cm³/mol. The van der Waals surface area contributed by atoms with E-state index in [2.05, 4.69) is 10.6 Å². The summed E-state index contributed by atoms with van der Waals surface area (Å²) in [5.74, 6) is -0.154. The molecule has 0 atom stereocenters. The topological polar surface area (TPSA) is 24.1 Å². The van der Waals surface area contributed by atoms with Gasteiger partial charge >= 0.3 is 0 Å². The maximum Gasteiger partial charge on any atom is 0.146 e. The van der Waals surface area contributed by atoms with Crippen LogP contribution in [0.4, 0.5) is 10.1 Å². The first kappa shape index (κ1) is 10.4. The fourth-order valence-corrected chi connectivity index (χ4v) is 1.94. The summed E-state index contributed by atoms with van der Waals surface area (Å²) in [7, 11) is 0. The Labute approximate surface area is 89.9 Å². The van der Waals surface area contributed by atoms with Crippen LogP contribution in [0, 0.1) is 12.7 Å². The van der Waals surface area contributed by atoms with Crippen LogP contribution in [-0.2, 0) is 0 Å². The second kappa shape index (κ2) is 4.62. The molecule has 2 N–H and O–H groups in total. The highest BCUT2D eigenvalue weighted by atomic mass is 19.1. The SMILES string of the molecule is Cc1ccc(F)c(NC2CCNCC2)c1. The van der Waals surface area contributed by atoms with E-state index in [0.717, 1.165) is 31.5 Å². The Morgan fingerprint density at radius 2 is 2.07 bits per heavy atom. The zero-order valence-corrected chi connectivity index (χ0v) is 9.02. The van der Waals surface area contributed by atoms with Gasteiger partial charge in [0.1, 0.15) is 5.82 Å². The van der Waals surface area contributed by atoms with E-state index in [-0.39, 0.29) is 5.82 Å². The molecular weight excluding hydrogens is 191 g/mol. The summed E-state index contributed by atoms with van der Waals surface area (Å²) in [6.07, 6.45) is 2.13. The molecule has 0 radical (unpaired) electrons. The summed E-state index contributed by atoms with van der Waals surface area (Å²) in [6, 6.07) is 5.60. The van der Waals surface area contributed by atoms with Crippen molar-refractivity contribution in [2.75, 3.05) is 18.4 Å². The van der Waals surface area contributed by atoms with Crippen molar-refractivity contribution in [1.82, 2.24) is 5.32 Å². The summed E-state index contributed by atoms with van der Waals surface area (Å²) in [6.45, 7) is 4.02. The highest BCUT2D eigenvalue weighted by Crippen LogP contribution is 2.18. The third-order valence-electron chi connectivity index (χ3n) is 2.82. The number of piperidine rings is 1. The van der Waals surface area contributed by atoms with E-state index in [0.29, 0.717) is 11.7 Å². The fraction of sp³-hybridized carbons (Fsp3) is 0.500. The summed E-state index contributed by atoms with van der Waals surface area (Å²) >= 11 is 0. The van der Waals surface area contributed by atoms with Crippen molar-refractivity contribution in [3.05, 3.63) is 29.6 Å². The number of rotatable bonds is 2. The van der Waals surface area contributed by atoms with Gasteiger partial charge in [-0.05, 0) is 50.6 Å². The van der Waals surface area contributed by atoms with Crippen LogP contribution in [-0.4, -0.2) is 19.1 Å². The van der Waals surface area contributed by atoms with Crippen molar-refractivity contribution in [3.8, 4) is 0 Å². The van der Waals surface area contributed by atoms with Gasteiger partial charge in [-0.2, -0.15) is 0 Å². The van der Waals surface area contributed by atoms with Gasteiger partial charge in [0.25, 0.3) is 0 Å². The van der Waals surface area contributed by atoms with Crippen LogP contribution in [0.25, 0.3) is 0 Å². The Kier molecular flexibility index (Phi) is 3.21. The molecule has 0 saturated carbocycles. The third kappa shape index (κ3) is 2.69. The highest BCUT2D eigenvalue weighted by Gasteiger charge is 2.13. The molecule has 2 nitrogen and oxygen atoms in total. The lowest BCUT2D eigenvalue weighted by Crippen LogP contribution is -2.35. The normalized spacial score (nSPS) is 17.7. The minimum absolute atomic E-state index is 0.154. The monoisotopic (exact) mass is 208 g/mol. The maximum atomic E-state index is 13.4. The van der Waals surface area contributed by atoms with Gasteiger partial charge in [0.15, 0.2) is 0 Å². The molecular formula is C12H17FN2. The fourth-order valence-electron chi connectivity index (χ4n) is 1.94. The van der Waals surface area contributed by atoms with Gasteiger partial charge in [0.05, 0.1) is 5.69 Å². The van der Waals surface area contributed by atoms with Crippen LogP contribution in [0.15, 0.2) is 18.2 Å². The maximum absolute atomic E-state index is 13.4. The molecule has 1 heterocycles. The Balaban J connectivity index is 2.05. The second-order valence-corrected chi connectivity index (χ2v) is 4.15. The Bertz CT molecular complexity index is 332. The van der Waals surface area contributed by atoms with Crippen LogP contribution in [0.1, 0.15) is 18.4 Å². The molecule has 1 aromatic carbocycles. The first-order chi connectivity index (χ1) is 7.25. The van der Waals surface area contributed by atoms with Crippen LogP contribution < -0.4 is 10.6 Å². The summed E-state index contributed by atoms with van der Waals surface area (Å²) in [5, 5.41) is 6.57. The van der Waals surface area contributed by atoms with Gasteiger partial charge in [0, 0.05) is 6.04 Å². The number of halogens is 1. The van der Waals surface area contributed by atoms with Gasteiger partial charge in [-0.25, -0.2) is 4.39 Å². The lowest BCUT2D eigenvalue weighted by molar-refractivity contribution is 0.477. The van der Waals surface area contributed by atoms with Crippen molar-refractivity contribution in [2.24, 2.45) is 0 Å². The van der Waals surface area contributed by atoms with E-state index in [4.69, 9.17) is 0 Å². The molecule has 1 aliphatic heterocycles. The number of anilines is 1. The molecule has 0 amide bonds. The van der Waals surface area contributed by atoms with Gasteiger partial charge in [-0.3, -0.25) is 0 Å². The highest BCUT2D eigenvalue weighted by molar-refractivity contribution is 5.47. The van der Waals surface area contributed by atoms with E-state index in [1.54, 1.807) is 6.07 Å². The Hall–Kier alpha value is -1.09. The summed E-state index contributed by atoms with van der Waals surface area (Å²) in [5.41, 5.74) is 1.73. The van der Waals surface area contributed by atoms with Crippen LogP contribution in [0.3, 0.4) is 0 Å². The first-order valence-electron chi connectivity index (χ1n) is 5.49. The van der Waals surface area contributed by atoms with Gasteiger partial charge in [-0.15, -0.1) is 0 Å². The van der Waals surface area contributed by atoms with Crippen molar-refractivity contribution < 1.29 is 4.39 Å². The number of aryl methyl sites for hydroxylation is 1. The molecule has 1 aliphatic rings. The molecule has 15 heavy (non-hydrogen) atoms. The van der Waals surface area contributed by atoms with E-state index < -0.39 is 0 Å². The zero-order valence-electron chi connectivity index (χ0n) is 9.02. The van der Waals surface area contributed by atoms with Crippen LogP contribution >= 0.6 is 0 Å². The lowest BCUT2D eigenvalue weighted by Gasteiger charge is -2.25. The molecule has 1 saturated heterocycles. The number of nitrogens with one attached hydrogen (secondary N) is 2. The van der Waals surface area contributed by atoms with Crippen molar-refractivity contribution in [3.63, 3.8) is 0 Å². The quantitative estimate of drug-likeness (QED) is 0.779. The van der Waals surface area contributed by atoms with E-state index >= 15 is 0 Å². The van der Waals surface area contributed by atoms with Gasteiger partial charge < -0.3 is 10.6 Å².